The molecule has 17 heavy (non-hydrogen) atoms. The Morgan fingerprint density at radius 2 is 1.88 bits per heavy atom. The molecule has 1 aromatic rings. The first kappa shape index (κ1) is 13.5. The van der Waals surface area contributed by atoms with Crippen LogP contribution in [0.3, 0.4) is 0 Å². The molecule has 0 heterocycles. The van der Waals surface area contributed by atoms with Crippen molar-refractivity contribution in [2.45, 2.75) is 26.4 Å². The molecule has 1 aromatic carbocycles. The Bertz CT molecular complexity index is 412. The van der Waals surface area contributed by atoms with Gasteiger partial charge in [-0.2, -0.15) is 0 Å². The Morgan fingerprint density at radius 3 is 2.47 bits per heavy atom. The number of allylic oxidation sites excluding steroid dienone is 4. The fraction of sp³-hybridized carbons (Fsp3) is 0.250. The van der Waals surface area contributed by atoms with Crippen molar-refractivity contribution in [1.29, 1.82) is 0 Å². The van der Waals surface area contributed by atoms with Crippen molar-refractivity contribution in [1.82, 2.24) is 0 Å². The lowest BCUT2D eigenvalue weighted by atomic mass is 10.0. The van der Waals surface area contributed by atoms with E-state index in [9.17, 15) is 5.11 Å². The molecule has 1 heteroatoms. The van der Waals surface area contributed by atoms with E-state index in [1.165, 1.54) is 0 Å². The predicted molar refractivity (Wildman–Crippen MR) is 73.7 cm³/mol. The number of aliphatic hydroxyl groups excluding tert-OH is 1. The molecule has 0 amide bonds. The Kier molecular flexibility index (Phi) is 5.44. The highest BCUT2D eigenvalue weighted by molar-refractivity contribution is 5.27. The lowest BCUT2D eigenvalue weighted by Gasteiger charge is -2.08. The largest absolute Gasteiger partial charge is 0.388 e. The molecule has 0 saturated carbocycles. The van der Waals surface area contributed by atoms with E-state index in [4.69, 9.17) is 0 Å². The summed E-state index contributed by atoms with van der Waals surface area (Å²) in [6.07, 6.45) is 6.14. The predicted octanol–water partition coefficient (Wildman–Crippen LogP) is 4.19. The normalized spacial score (nSPS) is 14.5. The Hall–Kier alpha value is -1.60. The van der Waals surface area contributed by atoms with Crippen LogP contribution >= 0.6 is 0 Å². The Balaban J connectivity index is 2.62. The lowest BCUT2D eigenvalue weighted by Crippen LogP contribution is -1.95. The van der Waals surface area contributed by atoms with Crippen LogP contribution in [-0.2, 0) is 0 Å². The second-order valence-corrected chi connectivity index (χ2v) is 4.20. The van der Waals surface area contributed by atoms with Crippen LogP contribution in [0.1, 0.15) is 31.9 Å². The van der Waals surface area contributed by atoms with Gasteiger partial charge in [-0.05, 0) is 25.8 Å². The van der Waals surface area contributed by atoms with Crippen LogP contribution in [-0.4, -0.2) is 5.11 Å². The van der Waals surface area contributed by atoms with Crippen LogP contribution in [0.25, 0.3) is 0 Å². The summed E-state index contributed by atoms with van der Waals surface area (Å²) in [5.41, 5.74) is 3.24. The first-order valence-electron chi connectivity index (χ1n) is 5.84. The number of aliphatic hydroxyl groups is 1. The summed E-state index contributed by atoms with van der Waals surface area (Å²) in [6.45, 7) is 7.76. The number of hydrogen-bond donors (Lipinski definition) is 1. The average molecular weight is 228 g/mol. The van der Waals surface area contributed by atoms with Crippen LogP contribution in [0.2, 0.25) is 0 Å². The third-order valence-corrected chi connectivity index (χ3v) is 2.62. The maximum absolute atomic E-state index is 9.98. The zero-order valence-corrected chi connectivity index (χ0v) is 10.6. The topological polar surface area (TPSA) is 20.2 Å². The van der Waals surface area contributed by atoms with E-state index in [-0.39, 0.29) is 0 Å². The van der Waals surface area contributed by atoms with E-state index in [2.05, 4.69) is 12.7 Å². The summed E-state index contributed by atoms with van der Waals surface area (Å²) in [5, 5.41) is 9.98. The molecule has 90 valence electrons. The summed E-state index contributed by atoms with van der Waals surface area (Å²) in [4.78, 5) is 0. The van der Waals surface area contributed by atoms with Crippen LogP contribution in [0.4, 0.5) is 0 Å². The van der Waals surface area contributed by atoms with Crippen molar-refractivity contribution < 1.29 is 5.11 Å². The van der Waals surface area contributed by atoms with Crippen molar-refractivity contribution in [2.24, 2.45) is 0 Å². The van der Waals surface area contributed by atoms with Crippen LogP contribution in [0.5, 0.6) is 0 Å². The third-order valence-electron chi connectivity index (χ3n) is 2.62. The molecule has 0 aliphatic rings. The van der Waals surface area contributed by atoms with Crippen LogP contribution < -0.4 is 0 Å². The quantitative estimate of drug-likeness (QED) is 0.749. The van der Waals surface area contributed by atoms with Gasteiger partial charge in [0.1, 0.15) is 0 Å². The maximum Gasteiger partial charge on any atom is 0.0824 e. The second-order valence-electron chi connectivity index (χ2n) is 4.20. The molecule has 0 aromatic heterocycles. The molecule has 0 fully saturated rings. The summed E-state index contributed by atoms with van der Waals surface area (Å²) < 4.78 is 0. The van der Waals surface area contributed by atoms with Gasteiger partial charge in [0.25, 0.3) is 0 Å². The summed E-state index contributed by atoms with van der Waals surface area (Å²) >= 11 is 0. The standard InChI is InChI=1S/C16H20O/c1-4-13(2)12-14(3)10-11-16(17)15-8-6-5-7-9-15/h4-10,12,16-17H,1,11H2,2-3H3/b13-12-,14-10-. The molecule has 0 aliphatic heterocycles. The van der Waals surface area contributed by atoms with Gasteiger partial charge in [0, 0.05) is 0 Å². The molecule has 0 spiro atoms. The van der Waals surface area contributed by atoms with Crippen molar-refractivity contribution in [3.8, 4) is 0 Å². The minimum absolute atomic E-state index is 0.427. The molecule has 0 radical (unpaired) electrons. The fourth-order valence-corrected chi connectivity index (χ4v) is 1.59. The van der Waals surface area contributed by atoms with Gasteiger partial charge in [0.05, 0.1) is 6.10 Å². The van der Waals surface area contributed by atoms with Crippen molar-refractivity contribution in [2.75, 3.05) is 0 Å². The average Bonchev–Trinajstić information content (AvgIpc) is 2.36. The van der Waals surface area contributed by atoms with Gasteiger partial charge < -0.3 is 5.11 Å². The molecular weight excluding hydrogens is 208 g/mol. The van der Waals surface area contributed by atoms with E-state index in [0.29, 0.717) is 6.42 Å². The van der Waals surface area contributed by atoms with Crippen molar-refractivity contribution in [3.05, 3.63) is 71.8 Å². The van der Waals surface area contributed by atoms with Crippen molar-refractivity contribution >= 4 is 0 Å². The smallest absolute Gasteiger partial charge is 0.0824 e. The number of rotatable bonds is 5. The van der Waals surface area contributed by atoms with Crippen LogP contribution in [0, 0.1) is 0 Å². The van der Waals surface area contributed by atoms with E-state index in [1.807, 2.05) is 56.3 Å². The molecule has 1 atom stereocenters. The minimum Gasteiger partial charge on any atom is -0.388 e. The van der Waals surface area contributed by atoms with Gasteiger partial charge in [-0.1, -0.05) is 66.3 Å². The number of benzene rings is 1. The van der Waals surface area contributed by atoms with Gasteiger partial charge >= 0.3 is 0 Å². The molecule has 0 bridgehead atoms. The Morgan fingerprint density at radius 1 is 1.24 bits per heavy atom. The van der Waals surface area contributed by atoms with E-state index >= 15 is 0 Å². The lowest BCUT2D eigenvalue weighted by molar-refractivity contribution is 0.181. The molecular formula is C16H20O. The first-order chi connectivity index (χ1) is 8.13. The zero-order valence-electron chi connectivity index (χ0n) is 10.6. The van der Waals surface area contributed by atoms with E-state index in [0.717, 1.165) is 16.7 Å². The highest BCUT2D eigenvalue weighted by Crippen LogP contribution is 2.17. The Labute approximate surface area is 104 Å². The molecule has 1 N–H and O–H groups in total. The van der Waals surface area contributed by atoms with Crippen LogP contribution in [0.15, 0.2) is 66.3 Å². The fourth-order valence-electron chi connectivity index (χ4n) is 1.59. The molecule has 0 aliphatic carbocycles. The monoisotopic (exact) mass is 228 g/mol. The maximum atomic E-state index is 9.98. The highest BCUT2D eigenvalue weighted by Gasteiger charge is 2.03. The highest BCUT2D eigenvalue weighted by atomic mass is 16.3. The summed E-state index contributed by atoms with van der Waals surface area (Å²) in [6, 6.07) is 9.72. The third kappa shape index (κ3) is 4.83. The van der Waals surface area contributed by atoms with E-state index < -0.39 is 6.10 Å². The summed E-state index contributed by atoms with van der Waals surface area (Å²) in [7, 11) is 0. The molecule has 1 unspecified atom stereocenters. The van der Waals surface area contributed by atoms with Gasteiger partial charge in [-0.15, -0.1) is 0 Å². The minimum atomic E-state index is -0.427. The van der Waals surface area contributed by atoms with E-state index in [1.54, 1.807) is 0 Å². The molecule has 1 rings (SSSR count). The molecule has 0 saturated heterocycles. The SMILES string of the molecule is C=C/C(C)=C\C(C)=C/CC(O)c1ccccc1. The number of hydrogen-bond acceptors (Lipinski definition) is 1. The summed E-state index contributed by atoms with van der Waals surface area (Å²) in [5.74, 6) is 0. The second kappa shape index (κ2) is 6.87. The van der Waals surface area contributed by atoms with Gasteiger partial charge in [0.2, 0.25) is 0 Å². The van der Waals surface area contributed by atoms with Gasteiger partial charge in [0.15, 0.2) is 0 Å². The van der Waals surface area contributed by atoms with Gasteiger partial charge in [-0.25, -0.2) is 0 Å². The first-order valence-corrected chi connectivity index (χ1v) is 5.84. The van der Waals surface area contributed by atoms with Gasteiger partial charge in [-0.3, -0.25) is 0 Å². The zero-order chi connectivity index (χ0) is 12.7. The molecule has 1 nitrogen and oxygen atoms in total. The van der Waals surface area contributed by atoms with Crippen molar-refractivity contribution in [3.63, 3.8) is 0 Å².